The minimum absolute atomic E-state index is 0.00940. The number of amides is 2. The third-order valence-electron chi connectivity index (χ3n) is 5.58. The molecule has 1 atom stereocenters. The van der Waals surface area contributed by atoms with Crippen LogP contribution < -0.4 is 15.8 Å². The number of hydrogen-bond donors (Lipinski definition) is 3. The minimum Gasteiger partial charge on any atom is -0.378 e. The van der Waals surface area contributed by atoms with E-state index in [9.17, 15) is 19.2 Å². The zero-order chi connectivity index (χ0) is 21.7. The maximum Gasteiger partial charge on any atom is 0.243 e. The number of nitrogens with one attached hydrogen (secondary N) is 2. The number of rotatable bonds is 10. The van der Waals surface area contributed by atoms with E-state index in [1.54, 1.807) is 12.0 Å². The quantitative estimate of drug-likeness (QED) is 0.215. The molecule has 0 radical (unpaired) electrons. The van der Waals surface area contributed by atoms with E-state index in [-0.39, 0.29) is 36.0 Å². The van der Waals surface area contributed by atoms with E-state index in [1.165, 1.54) is 0 Å². The van der Waals surface area contributed by atoms with Gasteiger partial charge in [-0.1, -0.05) is 25.7 Å². The summed E-state index contributed by atoms with van der Waals surface area (Å²) in [5.74, 6) is -1.80. The highest BCUT2D eigenvalue weighted by Crippen LogP contribution is 2.31. The fourth-order valence-electron chi connectivity index (χ4n) is 3.87. The smallest absolute Gasteiger partial charge is 0.243 e. The number of hydrazine groups is 1. The van der Waals surface area contributed by atoms with Gasteiger partial charge in [-0.15, -0.1) is 0 Å². The Kier molecular flexibility index (Phi) is 7.62. The van der Waals surface area contributed by atoms with Gasteiger partial charge in [0.05, 0.1) is 18.6 Å². The molecule has 12 heteroatoms. The summed E-state index contributed by atoms with van der Waals surface area (Å²) < 4.78 is 20.0. The molecule has 1 aliphatic heterocycles. The van der Waals surface area contributed by atoms with Crippen molar-refractivity contribution in [1.82, 2.24) is 20.5 Å². The van der Waals surface area contributed by atoms with Gasteiger partial charge in [-0.3, -0.25) is 25.6 Å². The molecule has 3 rings (SSSR count). The topological polar surface area (TPSA) is 120 Å². The van der Waals surface area contributed by atoms with Crippen molar-refractivity contribution < 1.29 is 23.9 Å². The van der Waals surface area contributed by atoms with E-state index in [1.807, 2.05) is 0 Å². The Bertz CT molecular complexity index is 760. The van der Waals surface area contributed by atoms with Gasteiger partial charge in [0, 0.05) is 20.2 Å². The van der Waals surface area contributed by atoms with Crippen LogP contribution in [-0.2, 0) is 14.3 Å². The Labute approximate surface area is 178 Å². The predicted molar refractivity (Wildman–Crippen MR) is 106 cm³/mol. The normalized spacial score (nSPS) is 18.1. The van der Waals surface area contributed by atoms with Crippen molar-refractivity contribution in [2.75, 3.05) is 37.1 Å². The minimum atomic E-state index is -0.752. The van der Waals surface area contributed by atoms with E-state index in [0.29, 0.717) is 30.5 Å². The highest BCUT2D eigenvalue weighted by molar-refractivity contribution is 6.28. The summed E-state index contributed by atoms with van der Waals surface area (Å²) in [5, 5.41) is 9.81. The van der Waals surface area contributed by atoms with Crippen molar-refractivity contribution in [2.24, 2.45) is 11.8 Å². The first-order chi connectivity index (χ1) is 14.4. The number of methoxy groups -OCH3 is 1. The molecular formula is C18H26ClFN6O4. The van der Waals surface area contributed by atoms with Crippen molar-refractivity contribution in [3.05, 3.63) is 11.1 Å². The molecule has 2 aliphatic rings. The summed E-state index contributed by atoms with van der Waals surface area (Å²) in [7, 11) is 1.58. The Balaban J connectivity index is 1.65. The van der Waals surface area contributed by atoms with Gasteiger partial charge in [-0.2, -0.15) is 14.4 Å². The Morgan fingerprint density at radius 2 is 2.13 bits per heavy atom. The van der Waals surface area contributed by atoms with Crippen LogP contribution in [0, 0.1) is 17.7 Å². The highest BCUT2D eigenvalue weighted by Gasteiger charge is 2.32. The molecule has 0 spiro atoms. The van der Waals surface area contributed by atoms with E-state index in [2.05, 4.69) is 20.8 Å². The fraction of sp³-hybridized carbons (Fsp3) is 0.667. The first-order valence-electron chi connectivity index (χ1n) is 9.88. The second kappa shape index (κ2) is 10.2. The summed E-state index contributed by atoms with van der Waals surface area (Å²) in [6.07, 6.45) is 4.96. The van der Waals surface area contributed by atoms with Crippen molar-refractivity contribution in [3.8, 4) is 0 Å². The molecule has 1 aliphatic carbocycles. The lowest BCUT2D eigenvalue weighted by Gasteiger charge is -2.39. The molecule has 0 aromatic carbocycles. The predicted octanol–water partition coefficient (Wildman–Crippen LogP) is 1.59. The lowest BCUT2D eigenvalue weighted by molar-refractivity contribution is -0.154. The molecule has 0 bridgehead atoms. The summed E-state index contributed by atoms with van der Waals surface area (Å²) in [4.78, 5) is 32.8. The fourth-order valence-corrected chi connectivity index (χ4v) is 4.03. The van der Waals surface area contributed by atoms with Crippen molar-refractivity contribution in [3.63, 3.8) is 0 Å². The van der Waals surface area contributed by atoms with E-state index >= 15 is 0 Å². The number of nitrogens with zero attached hydrogens (tertiary/aromatic N) is 4. The molecule has 1 saturated carbocycles. The van der Waals surface area contributed by atoms with Gasteiger partial charge in [0.15, 0.2) is 11.6 Å². The molecule has 1 aromatic rings. The van der Waals surface area contributed by atoms with Gasteiger partial charge in [-0.25, -0.2) is 5.06 Å². The van der Waals surface area contributed by atoms with Crippen LogP contribution in [0.25, 0.3) is 0 Å². The number of aromatic nitrogens is 2. The Morgan fingerprint density at radius 1 is 1.43 bits per heavy atom. The summed E-state index contributed by atoms with van der Waals surface area (Å²) in [6.45, 7) is 0.778. The largest absolute Gasteiger partial charge is 0.378 e. The Morgan fingerprint density at radius 3 is 2.77 bits per heavy atom. The van der Waals surface area contributed by atoms with Crippen LogP contribution in [0.5, 0.6) is 0 Å². The first-order valence-corrected chi connectivity index (χ1v) is 10.3. The molecule has 2 heterocycles. The van der Waals surface area contributed by atoms with Crippen LogP contribution in [-0.4, -0.2) is 65.4 Å². The van der Waals surface area contributed by atoms with Gasteiger partial charge in [0.1, 0.15) is 0 Å². The zero-order valence-electron chi connectivity index (χ0n) is 16.7. The molecule has 1 saturated heterocycles. The number of halogens is 2. The zero-order valence-corrected chi connectivity index (χ0v) is 17.4. The van der Waals surface area contributed by atoms with Crippen molar-refractivity contribution >= 4 is 35.6 Å². The lowest BCUT2D eigenvalue weighted by Crippen LogP contribution is -2.52. The van der Waals surface area contributed by atoms with E-state index in [4.69, 9.17) is 16.3 Å². The number of ether oxygens (including phenoxy) is 1. The molecule has 30 heavy (non-hydrogen) atoms. The maximum atomic E-state index is 14.8. The number of hydroxylamine groups is 2. The summed E-state index contributed by atoms with van der Waals surface area (Å²) >= 11 is 5.92. The lowest BCUT2D eigenvalue weighted by atomic mass is 9.92. The van der Waals surface area contributed by atoms with Crippen LogP contribution >= 0.6 is 11.6 Å². The number of hydrogen-bond acceptors (Lipinski definition) is 8. The molecule has 2 fully saturated rings. The second-order valence-corrected chi connectivity index (χ2v) is 8.00. The number of carbonyl (C=O) groups is 2. The molecule has 0 unspecified atom stereocenters. The molecule has 2 amide bonds. The number of carbonyl (C=O) groups excluding carboxylic acids is 2. The van der Waals surface area contributed by atoms with Crippen LogP contribution in [0.2, 0.25) is 5.28 Å². The highest BCUT2D eigenvalue weighted by atomic mass is 35.5. The third kappa shape index (κ3) is 5.46. The van der Waals surface area contributed by atoms with Crippen molar-refractivity contribution in [2.45, 2.75) is 38.2 Å². The van der Waals surface area contributed by atoms with Gasteiger partial charge >= 0.3 is 0 Å². The third-order valence-corrected chi connectivity index (χ3v) is 5.75. The van der Waals surface area contributed by atoms with Crippen LogP contribution in [0.4, 0.5) is 16.0 Å². The summed E-state index contributed by atoms with van der Waals surface area (Å²) in [6, 6.07) is 0. The molecule has 1 aromatic heterocycles. The molecular weight excluding hydrogens is 419 g/mol. The van der Waals surface area contributed by atoms with Crippen molar-refractivity contribution in [1.29, 1.82) is 0 Å². The average molecular weight is 445 g/mol. The SMILES string of the molecule is COC1CN(c2nc(Cl)nc(NNC(=O)[C@@H](CC3CCCC3)CN(O)C=O)c2F)C1. The van der Waals surface area contributed by atoms with Gasteiger partial charge < -0.3 is 9.64 Å². The van der Waals surface area contributed by atoms with Crippen LogP contribution in [0.3, 0.4) is 0 Å². The second-order valence-electron chi connectivity index (χ2n) is 7.67. The van der Waals surface area contributed by atoms with E-state index in [0.717, 1.165) is 25.7 Å². The van der Waals surface area contributed by atoms with Gasteiger partial charge in [0.2, 0.25) is 23.4 Å². The van der Waals surface area contributed by atoms with Gasteiger partial charge in [0.25, 0.3) is 0 Å². The van der Waals surface area contributed by atoms with E-state index < -0.39 is 17.6 Å². The molecule has 10 nitrogen and oxygen atoms in total. The van der Waals surface area contributed by atoms with Crippen LogP contribution in [0.15, 0.2) is 0 Å². The van der Waals surface area contributed by atoms with Crippen LogP contribution in [0.1, 0.15) is 32.1 Å². The monoisotopic (exact) mass is 444 g/mol. The number of anilines is 2. The summed E-state index contributed by atoms with van der Waals surface area (Å²) in [5.41, 5.74) is 4.88. The Hall–Kier alpha value is -2.24. The molecule has 166 valence electrons. The standard InChI is InChI=1S/C18H26ClFN6O4/c1-30-13-8-25(9-13)16-14(20)15(21-18(19)22-16)23-24-17(28)12(7-26(29)10-27)6-11-4-2-3-5-11/h10-13,29H,2-9H2,1H3,(H,24,28)(H,21,22,23)/t12-/m0/s1. The average Bonchev–Trinajstić information content (AvgIpc) is 3.20. The first kappa shape index (κ1) is 22.4. The molecule has 3 N–H and O–H groups in total. The van der Waals surface area contributed by atoms with Gasteiger partial charge in [-0.05, 0) is 23.9 Å². The maximum absolute atomic E-state index is 14.8.